The molecule has 0 aromatic heterocycles. The van der Waals surface area contributed by atoms with Gasteiger partial charge in [0.25, 0.3) is 5.69 Å². The normalized spacial score (nSPS) is 19.6. The van der Waals surface area contributed by atoms with Crippen molar-refractivity contribution in [2.24, 2.45) is 5.14 Å². The Hall–Kier alpha value is -1.75. The molecule has 0 bridgehead atoms. The molecule has 0 radical (unpaired) electrons. The predicted octanol–water partition coefficient (Wildman–Crippen LogP) is 1.12. The van der Waals surface area contributed by atoms with Crippen LogP contribution in [0.1, 0.15) is 25.7 Å². The zero-order valence-electron chi connectivity index (χ0n) is 14.6. The number of hydrogen-bond donors (Lipinski definition) is 3. The molecule has 2 fully saturated rings. The number of nitro benzene ring substituents is 1. The number of nitrogens with zero attached hydrogens (tertiary/aromatic N) is 2. The molecule has 0 saturated carbocycles. The Morgan fingerprint density at radius 3 is 2.31 bits per heavy atom. The molecule has 9 nitrogen and oxygen atoms in total. The van der Waals surface area contributed by atoms with E-state index in [9.17, 15) is 10.1 Å². The Kier molecular flexibility index (Phi) is 8.23. The highest BCUT2D eigenvalue weighted by Crippen LogP contribution is 2.27. The van der Waals surface area contributed by atoms with Crippen molar-refractivity contribution in [3.05, 3.63) is 34.4 Å². The van der Waals surface area contributed by atoms with Gasteiger partial charge in [-0.3, -0.25) is 10.1 Å². The molecule has 0 aliphatic carbocycles. The first-order chi connectivity index (χ1) is 12.5. The molecule has 2 aliphatic heterocycles. The van der Waals surface area contributed by atoms with E-state index in [1.165, 1.54) is 0 Å². The summed E-state index contributed by atoms with van der Waals surface area (Å²) in [4.78, 5) is 13.3. The Morgan fingerprint density at radius 2 is 1.73 bits per heavy atom. The van der Waals surface area contributed by atoms with Crippen molar-refractivity contribution in [1.82, 2.24) is 4.90 Å². The van der Waals surface area contributed by atoms with E-state index in [2.05, 4.69) is 15.4 Å². The predicted molar refractivity (Wildman–Crippen MR) is 99.7 cm³/mol. The van der Waals surface area contributed by atoms with E-state index < -0.39 is 10.9 Å². The third kappa shape index (κ3) is 6.52. The van der Waals surface area contributed by atoms with E-state index in [1.54, 1.807) is 18.2 Å². The van der Waals surface area contributed by atoms with Gasteiger partial charge in [-0.2, -0.15) is 0 Å². The lowest BCUT2D eigenvalue weighted by Gasteiger charge is -2.39. The van der Waals surface area contributed by atoms with Crippen molar-refractivity contribution < 1.29 is 18.1 Å². The molecular weight excluding hydrogens is 360 g/mol. The summed E-state index contributed by atoms with van der Waals surface area (Å²) < 4.78 is 23.1. The van der Waals surface area contributed by atoms with E-state index in [4.69, 9.17) is 13.2 Å². The number of nitro groups is 1. The van der Waals surface area contributed by atoms with Gasteiger partial charge < -0.3 is 15.0 Å². The maximum atomic E-state index is 11.1. The third-order valence-corrected chi connectivity index (χ3v) is 4.70. The van der Waals surface area contributed by atoms with Crippen LogP contribution in [0.2, 0.25) is 0 Å². The molecule has 0 spiro atoms. The average Bonchev–Trinajstić information content (AvgIpc) is 2.63. The van der Waals surface area contributed by atoms with Crippen molar-refractivity contribution in [2.45, 2.75) is 37.8 Å². The lowest BCUT2D eigenvalue weighted by atomic mass is 9.99. The van der Waals surface area contributed by atoms with Gasteiger partial charge in [0.1, 0.15) is 5.69 Å². The van der Waals surface area contributed by atoms with Crippen LogP contribution in [0, 0.1) is 10.1 Å². The van der Waals surface area contributed by atoms with Gasteiger partial charge in [-0.05, 0) is 31.7 Å². The maximum absolute atomic E-state index is 11.1. The Labute approximate surface area is 154 Å². The van der Waals surface area contributed by atoms with Crippen LogP contribution in [0.4, 0.5) is 11.4 Å². The zero-order valence-corrected chi connectivity index (χ0v) is 15.5. The van der Waals surface area contributed by atoms with Gasteiger partial charge in [0.2, 0.25) is 0 Å². The minimum atomic E-state index is -2.62. The summed E-state index contributed by atoms with van der Waals surface area (Å²) in [6, 6.07) is 7.87. The second kappa shape index (κ2) is 10.4. The number of thiol groups is 1. The van der Waals surface area contributed by atoms with Gasteiger partial charge in [0.05, 0.1) is 4.92 Å². The van der Waals surface area contributed by atoms with Crippen molar-refractivity contribution in [1.29, 1.82) is 0 Å². The smallest absolute Gasteiger partial charge is 0.292 e. The molecule has 3 rings (SSSR count). The number of nitrogens with two attached hydrogens (primary N) is 1. The highest BCUT2D eigenvalue weighted by atomic mass is 32.2. The second-order valence-corrected chi connectivity index (χ2v) is 6.93. The van der Waals surface area contributed by atoms with Crippen molar-refractivity contribution in [2.75, 3.05) is 31.6 Å². The zero-order chi connectivity index (χ0) is 18.9. The Balaban J connectivity index is 0.000000552. The highest BCUT2D eigenvalue weighted by Gasteiger charge is 2.27. The molecule has 0 atom stereocenters. The van der Waals surface area contributed by atoms with Crippen LogP contribution < -0.4 is 10.5 Å². The molecule has 146 valence electrons. The first-order valence-electron chi connectivity index (χ1n) is 8.68. The number of rotatable bonds is 4. The minimum absolute atomic E-state index is 0.161. The van der Waals surface area contributed by atoms with Gasteiger partial charge >= 0.3 is 0 Å². The molecule has 0 amide bonds. The molecule has 10 heteroatoms. The number of benzene rings is 1. The van der Waals surface area contributed by atoms with Crippen LogP contribution in [-0.4, -0.2) is 56.6 Å². The van der Waals surface area contributed by atoms with Gasteiger partial charge in [-0.15, -0.1) is 0 Å². The topological polar surface area (TPSA) is 128 Å². The van der Waals surface area contributed by atoms with E-state index >= 15 is 0 Å². The first-order valence-corrected chi connectivity index (χ1v) is 9.93. The lowest BCUT2D eigenvalue weighted by molar-refractivity contribution is -0.384. The van der Waals surface area contributed by atoms with E-state index in [-0.39, 0.29) is 10.6 Å². The minimum Gasteiger partial charge on any atom is -0.381 e. The van der Waals surface area contributed by atoms with Crippen LogP contribution in [-0.2, 0) is 15.6 Å². The summed E-state index contributed by atoms with van der Waals surface area (Å²) in [5, 5.41) is 18.5. The fraction of sp³-hybridized carbons (Fsp3) is 0.625. The molecule has 2 aliphatic rings. The number of anilines is 1. The Morgan fingerprint density at radius 1 is 1.15 bits per heavy atom. The lowest BCUT2D eigenvalue weighted by Crippen LogP contribution is -2.46. The van der Waals surface area contributed by atoms with E-state index in [1.807, 2.05) is 6.07 Å². The monoisotopic (exact) mass is 386 g/mol. The molecular formula is C16H26N4O5S. The molecule has 3 N–H and O–H groups in total. The molecule has 1 aromatic rings. The van der Waals surface area contributed by atoms with Crippen LogP contribution >= 0.6 is 0 Å². The van der Waals surface area contributed by atoms with Gasteiger partial charge in [0, 0.05) is 44.5 Å². The summed E-state index contributed by atoms with van der Waals surface area (Å²) in [5.74, 6) is 0. The summed E-state index contributed by atoms with van der Waals surface area (Å²) in [6.45, 7) is 3.87. The van der Waals surface area contributed by atoms with Gasteiger partial charge in [-0.1, -0.05) is 12.1 Å². The highest BCUT2D eigenvalue weighted by molar-refractivity contribution is 7.69. The second-order valence-electron chi connectivity index (χ2n) is 6.36. The molecule has 2 saturated heterocycles. The van der Waals surface area contributed by atoms with Gasteiger partial charge in [0.15, 0.2) is 10.9 Å². The number of ether oxygens (including phenoxy) is 1. The molecule has 0 unspecified atom stereocenters. The summed E-state index contributed by atoms with van der Waals surface area (Å²) in [7, 11) is -2.62. The van der Waals surface area contributed by atoms with Crippen LogP contribution in [0.15, 0.2) is 24.3 Å². The molecule has 1 aromatic carbocycles. The van der Waals surface area contributed by atoms with Crippen LogP contribution in [0.25, 0.3) is 0 Å². The van der Waals surface area contributed by atoms with Crippen molar-refractivity contribution in [3.8, 4) is 0 Å². The average molecular weight is 386 g/mol. The number of piperidine rings is 1. The fourth-order valence-corrected chi connectivity index (χ4v) is 3.43. The van der Waals surface area contributed by atoms with Crippen molar-refractivity contribution in [3.63, 3.8) is 0 Å². The Bertz CT molecular complexity index is 648. The number of nitrogens with one attached hydrogen (secondary N) is 1. The SMILES string of the molecule is N[SH](=O)=O.O=[N+]([O-])c1ccccc1NC1CCN(C2CCOCC2)CC1. The van der Waals surface area contributed by atoms with E-state index in [0.717, 1.165) is 52.0 Å². The van der Waals surface area contributed by atoms with Crippen molar-refractivity contribution >= 4 is 22.3 Å². The van der Waals surface area contributed by atoms with Gasteiger partial charge in [-0.25, -0.2) is 13.6 Å². The van der Waals surface area contributed by atoms with Crippen LogP contribution in [0.3, 0.4) is 0 Å². The summed E-state index contributed by atoms with van der Waals surface area (Å²) >= 11 is 0. The first kappa shape index (κ1) is 20.6. The summed E-state index contributed by atoms with van der Waals surface area (Å²) in [6.07, 6.45) is 4.32. The number of para-hydroxylation sites is 2. The standard InChI is InChI=1S/C16H23N3O3.H3NO2S/c20-19(21)16-4-2-1-3-15(16)17-13-5-9-18(10-6-13)14-7-11-22-12-8-14;1-4(2)3/h1-4,13-14,17H,5-12H2;4H,(H2,1,2,3). The number of hydrogen-bond acceptors (Lipinski definition) is 7. The quantitative estimate of drug-likeness (QED) is 0.402. The summed E-state index contributed by atoms with van der Waals surface area (Å²) in [5.41, 5.74) is 0.798. The van der Waals surface area contributed by atoms with Crippen LogP contribution in [0.5, 0.6) is 0 Å². The fourth-order valence-electron chi connectivity index (χ4n) is 3.43. The number of likely N-dealkylation sites (tertiary alicyclic amines) is 1. The largest absolute Gasteiger partial charge is 0.381 e. The third-order valence-electron chi connectivity index (χ3n) is 4.70. The maximum Gasteiger partial charge on any atom is 0.292 e. The molecule has 2 heterocycles. The van der Waals surface area contributed by atoms with E-state index in [0.29, 0.717) is 17.8 Å². The molecule has 26 heavy (non-hydrogen) atoms.